The molecule has 0 aliphatic carbocycles. The van der Waals surface area contributed by atoms with E-state index < -0.39 is 0 Å². The van der Waals surface area contributed by atoms with E-state index in [1.54, 1.807) is 0 Å². The first-order valence-corrected chi connectivity index (χ1v) is 23.2. The standard InChI is InChI=1S/C63H37N5/c1-3-15-46-38(11-1)23-29-57-61(46)49-17-5-7-19-55(49)67(57)44-25-26-48-51(35-44)59(42-21-27-53-40(33-42)13-9-31-64-53)60(43-22-28-54-41(34-43)14-10-32-65-54)52-36-45(37-66-63(48)52)68-56-20-8-6-18-50(56)62-47-16-4-2-12-39(47)24-30-58(62)68/h1-37H. The van der Waals surface area contributed by atoms with E-state index in [-0.39, 0.29) is 0 Å². The van der Waals surface area contributed by atoms with E-state index in [4.69, 9.17) is 15.0 Å². The van der Waals surface area contributed by atoms with Gasteiger partial charge < -0.3 is 9.13 Å². The van der Waals surface area contributed by atoms with Crippen molar-refractivity contribution in [2.75, 3.05) is 0 Å². The third-order valence-electron chi connectivity index (χ3n) is 14.3. The number of aromatic nitrogens is 5. The number of hydrogen-bond acceptors (Lipinski definition) is 3. The third kappa shape index (κ3) is 5.29. The van der Waals surface area contributed by atoms with Crippen molar-refractivity contribution in [1.29, 1.82) is 0 Å². The van der Waals surface area contributed by atoms with Crippen LogP contribution in [0.4, 0.5) is 0 Å². The maximum absolute atomic E-state index is 5.55. The molecule has 5 heterocycles. The van der Waals surface area contributed by atoms with Crippen molar-refractivity contribution in [2.45, 2.75) is 0 Å². The molecule has 0 aliphatic rings. The molecule has 5 nitrogen and oxygen atoms in total. The minimum atomic E-state index is 0.947. The summed E-state index contributed by atoms with van der Waals surface area (Å²) in [6.07, 6.45) is 5.81. The number of rotatable bonds is 4. The van der Waals surface area contributed by atoms with Gasteiger partial charge in [-0.25, -0.2) is 0 Å². The molecule has 10 aromatic carbocycles. The predicted octanol–water partition coefficient (Wildman–Crippen LogP) is 16.3. The summed E-state index contributed by atoms with van der Waals surface area (Å²) < 4.78 is 4.84. The second-order valence-electron chi connectivity index (χ2n) is 18.0. The van der Waals surface area contributed by atoms with Gasteiger partial charge in [-0.05, 0) is 128 Å². The molecule has 15 aromatic rings. The molecule has 0 aliphatic heterocycles. The van der Waals surface area contributed by atoms with Crippen LogP contribution < -0.4 is 0 Å². The summed E-state index contributed by atoms with van der Waals surface area (Å²) in [6, 6.07) is 75.2. The molecule has 5 aromatic heterocycles. The molecule has 0 amide bonds. The molecule has 0 spiro atoms. The summed E-state index contributed by atoms with van der Waals surface area (Å²) in [7, 11) is 0. The minimum absolute atomic E-state index is 0.947. The smallest absolute Gasteiger partial charge is 0.0788 e. The van der Waals surface area contributed by atoms with Crippen LogP contribution in [0, 0.1) is 0 Å². The van der Waals surface area contributed by atoms with Crippen molar-refractivity contribution in [3.63, 3.8) is 0 Å². The molecule has 0 bridgehead atoms. The summed E-state index contributed by atoms with van der Waals surface area (Å²) in [6.45, 7) is 0. The quantitative estimate of drug-likeness (QED) is 0.166. The highest BCUT2D eigenvalue weighted by Crippen LogP contribution is 2.48. The number of fused-ring (bicyclic) bond motifs is 15. The topological polar surface area (TPSA) is 48.5 Å². The first-order chi connectivity index (χ1) is 33.7. The summed E-state index contributed by atoms with van der Waals surface area (Å²) >= 11 is 0. The Morgan fingerprint density at radius 3 is 1.40 bits per heavy atom. The number of hydrogen-bond donors (Lipinski definition) is 0. The number of nitrogens with zero attached hydrogens (tertiary/aromatic N) is 5. The molecule has 0 fully saturated rings. The second kappa shape index (κ2) is 14.2. The molecule has 0 saturated carbocycles. The first kappa shape index (κ1) is 37.1. The molecule has 5 heteroatoms. The van der Waals surface area contributed by atoms with Gasteiger partial charge in [0.2, 0.25) is 0 Å². The van der Waals surface area contributed by atoms with E-state index in [0.29, 0.717) is 0 Å². The monoisotopic (exact) mass is 863 g/mol. The van der Waals surface area contributed by atoms with E-state index in [0.717, 1.165) is 88.1 Å². The Bertz CT molecular complexity index is 4340. The van der Waals surface area contributed by atoms with Gasteiger partial charge in [-0.1, -0.05) is 127 Å². The molecule has 0 atom stereocenters. The molecule has 0 unspecified atom stereocenters. The molecular weight excluding hydrogens is 827 g/mol. The van der Waals surface area contributed by atoms with E-state index in [9.17, 15) is 0 Å². The van der Waals surface area contributed by atoms with E-state index >= 15 is 0 Å². The largest absolute Gasteiger partial charge is 0.309 e. The van der Waals surface area contributed by atoms with Gasteiger partial charge in [-0.15, -0.1) is 0 Å². The Labute approximate surface area is 389 Å². The van der Waals surface area contributed by atoms with Crippen LogP contribution in [-0.2, 0) is 0 Å². The zero-order chi connectivity index (χ0) is 44.5. The van der Waals surface area contributed by atoms with Gasteiger partial charge in [0.05, 0.1) is 50.5 Å². The van der Waals surface area contributed by atoms with E-state index in [2.05, 4.69) is 209 Å². The fraction of sp³-hybridized carbons (Fsp3) is 0. The van der Waals surface area contributed by atoms with Gasteiger partial charge in [0.15, 0.2) is 0 Å². The molecular formula is C63H37N5. The SMILES string of the molecule is c1cnc2ccc(-c3c(-c4ccc5ncccc5c4)c4cc(-n5c6ccccc6c6c7ccccc7ccc65)cnc4c4ccc(-n5c6ccccc6c6c7ccccc7ccc65)cc34)cc2c1. The number of benzene rings is 10. The lowest BCUT2D eigenvalue weighted by Crippen LogP contribution is -2.00. The van der Waals surface area contributed by atoms with Crippen LogP contribution in [0.1, 0.15) is 0 Å². The van der Waals surface area contributed by atoms with Crippen LogP contribution in [0.15, 0.2) is 225 Å². The Morgan fingerprint density at radius 1 is 0.294 bits per heavy atom. The van der Waals surface area contributed by atoms with Crippen LogP contribution in [0.2, 0.25) is 0 Å². The van der Waals surface area contributed by atoms with Gasteiger partial charge in [-0.3, -0.25) is 15.0 Å². The first-order valence-electron chi connectivity index (χ1n) is 23.2. The number of para-hydroxylation sites is 2. The van der Waals surface area contributed by atoms with E-state index in [1.807, 2.05) is 24.5 Å². The minimum Gasteiger partial charge on any atom is -0.309 e. The summed E-state index contributed by atoms with van der Waals surface area (Å²) in [5.41, 5.74) is 14.1. The normalized spacial score (nSPS) is 12.1. The maximum Gasteiger partial charge on any atom is 0.0788 e. The lowest BCUT2D eigenvalue weighted by molar-refractivity contribution is 1.16. The average Bonchev–Trinajstić information content (AvgIpc) is 3.93. The van der Waals surface area contributed by atoms with Crippen LogP contribution in [0.5, 0.6) is 0 Å². The van der Waals surface area contributed by atoms with E-state index in [1.165, 1.54) is 54.1 Å². The lowest BCUT2D eigenvalue weighted by atomic mass is 9.85. The van der Waals surface area contributed by atoms with Crippen LogP contribution in [0.3, 0.4) is 0 Å². The fourth-order valence-corrected chi connectivity index (χ4v) is 11.4. The maximum atomic E-state index is 5.55. The number of pyridine rings is 3. The highest BCUT2D eigenvalue weighted by atomic mass is 15.0. The average molecular weight is 864 g/mol. The van der Waals surface area contributed by atoms with Crippen LogP contribution in [0.25, 0.3) is 142 Å². The van der Waals surface area contributed by atoms with Crippen molar-refractivity contribution >= 4 is 109 Å². The zero-order valence-corrected chi connectivity index (χ0v) is 36.6. The van der Waals surface area contributed by atoms with Crippen LogP contribution in [-0.4, -0.2) is 24.1 Å². The highest BCUT2D eigenvalue weighted by Gasteiger charge is 2.23. The summed E-state index contributed by atoms with van der Waals surface area (Å²) in [5.74, 6) is 0. The van der Waals surface area contributed by atoms with Crippen molar-refractivity contribution in [1.82, 2.24) is 24.1 Å². The Hall–Kier alpha value is -9.19. The summed E-state index contributed by atoms with van der Waals surface area (Å²) in [5, 5.41) is 15.4. The molecule has 314 valence electrons. The van der Waals surface area contributed by atoms with Crippen molar-refractivity contribution < 1.29 is 0 Å². The van der Waals surface area contributed by atoms with Crippen LogP contribution >= 0.6 is 0 Å². The predicted molar refractivity (Wildman–Crippen MR) is 284 cm³/mol. The second-order valence-corrected chi connectivity index (χ2v) is 18.0. The van der Waals surface area contributed by atoms with Crippen molar-refractivity contribution in [3.8, 4) is 33.6 Å². The molecule has 68 heavy (non-hydrogen) atoms. The molecule has 0 N–H and O–H groups in total. The Kier molecular flexibility index (Phi) is 7.72. The highest BCUT2D eigenvalue weighted by molar-refractivity contribution is 6.25. The van der Waals surface area contributed by atoms with Gasteiger partial charge in [-0.2, -0.15) is 0 Å². The Morgan fingerprint density at radius 2 is 0.794 bits per heavy atom. The third-order valence-corrected chi connectivity index (χ3v) is 14.3. The Balaban J connectivity index is 1.10. The van der Waals surface area contributed by atoms with Gasteiger partial charge in [0, 0.05) is 61.2 Å². The molecule has 15 rings (SSSR count). The fourth-order valence-electron chi connectivity index (χ4n) is 11.4. The van der Waals surface area contributed by atoms with Gasteiger partial charge >= 0.3 is 0 Å². The molecule has 0 radical (unpaired) electrons. The van der Waals surface area contributed by atoms with Gasteiger partial charge in [0.1, 0.15) is 0 Å². The summed E-state index contributed by atoms with van der Waals surface area (Å²) in [4.78, 5) is 15.1. The van der Waals surface area contributed by atoms with Crippen molar-refractivity contribution in [3.05, 3.63) is 225 Å². The molecule has 0 saturated heterocycles. The van der Waals surface area contributed by atoms with Crippen molar-refractivity contribution in [2.24, 2.45) is 0 Å². The van der Waals surface area contributed by atoms with Gasteiger partial charge in [0.25, 0.3) is 0 Å². The lowest BCUT2D eigenvalue weighted by Gasteiger charge is -2.21. The zero-order valence-electron chi connectivity index (χ0n) is 36.6.